The highest BCUT2D eigenvalue weighted by atomic mass is 16.5. The first-order valence-electron chi connectivity index (χ1n) is 8.28. The Morgan fingerprint density at radius 1 is 0.950 bits per heavy atom. The monoisotopic (exact) mass is 273 g/mol. The van der Waals surface area contributed by atoms with Crippen LogP contribution >= 0.6 is 0 Å². The first-order chi connectivity index (χ1) is 9.92. The molecule has 0 aromatic heterocycles. The predicted octanol–water partition coefficient (Wildman–Crippen LogP) is 3.73. The van der Waals surface area contributed by atoms with E-state index < -0.39 is 0 Å². The van der Waals surface area contributed by atoms with Gasteiger partial charge in [-0.2, -0.15) is 0 Å². The summed E-state index contributed by atoms with van der Waals surface area (Å²) >= 11 is 0. The topological polar surface area (TPSA) is 21.3 Å². The van der Waals surface area contributed by atoms with Crippen molar-refractivity contribution in [3.8, 4) is 0 Å². The van der Waals surface area contributed by atoms with Crippen molar-refractivity contribution in [1.82, 2.24) is 5.32 Å². The van der Waals surface area contributed by atoms with Crippen LogP contribution in [0.4, 0.5) is 0 Å². The fraction of sp³-hybridized carbons (Fsp3) is 0.667. The summed E-state index contributed by atoms with van der Waals surface area (Å²) in [7, 11) is 0. The molecule has 0 heterocycles. The van der Waals surface area contributed by atoms with Gasteiger partial charge in [0.05, 0.1) is 6.61 Å². The van der Waals surface area contributed by atoms with Crippen molar-refractivity contribution in [2.45, 2.75) is 50.5 Å². The zero-order valence-corrected chi connectivity index (χ0v) is 12.4. The molecule has 0 spiro atoms. The fourth-order valence-electron chi connectivity index (χ4n) is 3.23. The van der Waals surface area contributed by atoms with E-state index in [9.17, 15) is 0 Å². The minimum Gasteiger partial charge on any atom is -0.380 e. The Morgan fingerprint density at radius 2 is 1.70 bits per heavy atom. The van der Waals surface area contributed by atoms with Gasteiger partial charge in [0, 0.05) is 19.2 Å². The minimum absolute atomic E-state index is 0.708. The molecule has 3 rings (SSSR count). The summed E-state index contributed by atoms with van der Waals surface area (Å²) in [5.74, 6) is 1.66. The van der Waals surface area contributed by atoms with Crippen molar-refractivity contribution in [2.24, 2.45) is 5.92 Å². The number of benzene rings is 1. The summed E-state index contributed by atoms with van der Waals surface area (Å²) < 4.78 is 5.68. The van der Waals surface area contributed by atoms with Gasteiger partial charge in [0.25, 0.3) is 0 Å². The van der Waals surface area contributed by atoms with Crippen LogP contribution < -0.4 is 5.32 Å². The van der Waals surface area contributed by atoms with Gasteiger partial charge in [-0.05, 0) is 55.9 Å². The molecule has 0 radical (unpaired) electrons. The standard InChI is InChI=1S/C18H27NO/c1-2-4-16(5-3-1)17-8-10-18(11-9-17)19-12-13-20-14-15-6-7-15/h1-5,15,17-19H,6-14H2. The van der Waals surface area contributed by atoms with Gasteiger partial charge in [-0.25, -0.2) is 0 Å². The minimum atomic E-state index is 0.708. The molecule has 2 heteroatoms. The maximum Gasteiger partial charge on any atom is 0.0591 e. The van der Waals surface area contributed by atoms with E-state index in [4.69, 9.17) is 4.74 Å². The zero-order valence-electron chi connectivity index (χ0n) is 12.4. The van der Waals surface area contributed by atoms with Crippen LogP contribution in [-0.4, -0.2) is 25.8 Å². The van der Waals surface area contributed by atoms with Crippen LogP contribution in [0, 0.1) is 5.92 Å². The highest BCUT2D eigenvalue weighted by molar-refractivity contribution is 5.20. The number of hydrogen-bond donors (Lipinski definition) is 1. The maximum atomic E-state index is 5.68. The molecule has 2 saturated carbocycles. The van der Waals surface area contributed by atoms with E-state index in [1.165, 1.54) is 44.1 Å². The Labute approximate surface area is 122 Å². The van der Waals surface area contributed by atoms with Crippen molar-refractivity contribution >= 4 is 0 Å². The van der Waals surface area contributed by atoms with Gasteiger partial charge in [-0.1, -0.05) is 30.3 Å². The molecule has 2 nitrogen and oxygen atoms in total. The molecule has 2 aliphatic carbocycles. The molecule has 110 valence electrons. The number of nitrogens with one attached hydrogen (secondary N) is 1. The van der Waals surface area contributed by atoms with Gasteiger partial charge in [-0.15, -0.1) is 0 Å². The first-order valence-corrected chi connectivity index (χ1v) is 8.28. The summed E-state index contributed by atoms with van der Waals surface area (Å²) in [5, 5.41) is 3.66. The summed E-state index contributed by atoms with van der Waals surface area (Å²) in [5.41, 5.74) is 1.53. The van der Waals surface area contributed by atoms with Gasteiger partial charge < -0.3 is 10.1 Å². The van der Waals surface area contributed by atoms with Gasteiger partial charge in [-0.3, -0.25) is 0 Å². The van der Waals surface area contributed by atoms with Crippen LogP contribution in [0.15, 0.2) is 30.3 Å². The predicted molar refractivity (Wildman–Crippen MR) is 83.0 cm³/mol. The quantitative estimate of drug-likeness (QED) is 0.764. The molecule has 2 fully saturated rings. The zero-order chi connectivity index (χ0) is 13.6. The van der Waals surface area contributed by atoms with Crippen molar-refractivity contribution in [3.05, 3.63) is 35.9 Å². The summed E-state index contributed by atoms with van der Waals surface area (Å²) in [6.07, 6.45) is 8.04. The number of hydrogen-bond acceptors (Lipinski definition) is 2. The smallest absolute Gasteiger partial charge is 0.0591 e. The average Bonchev–Trinajstić information content (AvgIpc) is 3.33. The van der Waals surface area contributed by atoms with Crippen LogP contribution in [-0.2, 0) is 4.74 Å². The molecule has 2 aliphatic rings. The fourth-order valence-corrected chi connectivity index (χ4v) is 3.23. The van der Waals surface area contributed by atoms with Crippen LogP contribution in [0.25, 0.3) is 0 Å². The van der Waals surface area contributed by atoms with E-state index in [1.807, 2.05) is 0 Å². The largest absolute Gasteiger partial charge is 0.380 e. The molecule has 0 bridgehead atoms. The lowest BCUT2D eigenvalue weighted by Gasteiger charge is -2.29. The van der Waals surface area contributed by atoms with Crippen LogP contribution in [0.3, 0.4) is 0 Å². The highest BCUT2D eigenvalue weighted by Gasteiger charge is 2.22. The second-order valence-corrected chi connectivity index (χ2v) is 6.43. The highest BCUT2D eigenvalue weighted by Crippen LogP contribution is 2.32. The molecule has 0 amide bonds. The Hall–Kier alpha value is -0.860. The van der Waals surface area contributed by atoms with Crippen molar-refractivity contribution in [3.63, 3.8) is 0 Å². The first kappa shape index (κ1) is 14.1. The van der Waals surface area contributed by atoms with E-state index >= 15 is 0 Å². The molecule has 0 unspecified atom stereocenters. The lowest BCUT2D eigenvalue weighted by atomic mass is 9.82. The average molecular weight is 273 g/mol. The lowest BCUT2D eigenvalue weighted by Crippen LogP contribution is -2.35. The van der Waals surface area contributed by atoms with Crippen LogP contribution in [0.2, 0.25) is 0 Å². The Morgan fingerprint density at radius 3 is 2.40 bits per heavy atom. The Kier molecular flexibility index (Phi) is 5.10. The van der Waals surface area contributed by atoms with E-state index in [0.29, 0.717) is 6.04 Å². The molecule has 1 N–H and O–H groups in total. The summed E-state index contributed by atoms with van der Waals surface area (Å²) in [4.78, 5) is 0. The van der Waals surface area contributed by atoms with Crippen LogP contribution in [0.1, 0.15) is 50.0 Å². The maximum absolute atomic E-state index is 5.68. The second-order valence-electron chi connectivity index (χ2n) is 6.43. The van der Waals surface area contributed by atoms with Gasteiger partial charge in [0.2, 0.25) is 0 Å². The van der Waals surface area contributed by atoms with Gasteiger partial charge in [0.15, 0.2) is 0 Å². The SMILES string of the molecule is c1ccc(C2CCC(NCCOCC3CC3)CC2)cc1. The van der Waals surface area contributed by atoms with E-state index in [2.05, 4.69) is 35.6 Å². The van der Waals surface area contributed by atoms with Gasteiger partial charge >= 0.3 is 0 Å². The Bertz CT molecular complexity index is 380. The third kappa shape index (κ3) is 4.32. The summed E-state index contributed by atoms with van der Waals surface area (Å²) in [6.45, 7) is 2.89. The molecular weight excluding hydrogens is 246 g/mol. The van der Waals surface area contributed by atoms with E-state index in [1.54, 1.807) is 0 Å². The number of rotatable bonds is 7. The summed E-state index contributed by atoms with van der Waals surface area (Å²) in [6, 6.07) is 11.7. The molecule has 0 atom stereocenters. The van der Waals surface area contributed by atoms with Crippen molar-refractivity contribution in [2.75, 3.05) is 19.8 Å². The third-order valence-corrected chi connectivity index (χ3v) is 4.73. The molecule has 0 saturated heterocycles. The van der Waals surface area contributed by atoms with Gasteiger partial charge in [0.1, 0.15) is 0 Å². The number of ether oxygens (including phenoxy) is 1. The molecule has 1 aromatic carbocycles. The second kappa shape index (κ2) is 7.24. The Balaban J connectivity index is 1.29. The molecule has 1 aromatic rings. The lowest BCUT2D eigenvalue weighted by molar-refractivity contribution is 0.122. The van der Waals surface area contributed by atoms with Crippen molar-refractivity contribution < 1.29 is 4.74 Å². The van der Waals surface area contributed by atoms with E-state index in [0.717, 1.165) is 31.6 Å². The molecule has 0 aliphatic heterocycles. The molecular formula is C18H27NO. The third-order valence-electron chi connectivity index (χ3n) is 4.73. The van der Waals surface area contributed by atoms with E-state index in [-0.39, 0.29) is 0 Å². The molecule has 20 heavy (non-hydrogen) atoms. The van der Waals surface area contributed by atoms with Crippen LogP contribution in [0.5, 0.6) is 0 Å². The van der Waals surface area contributed by atoms with Crippen molar-refractivity contribution in [1.29, 1.82) is 0 Å². The normalized spacial score (nSPS) is 26.6.